The van der Waals surface area contributed by atoms with Crippen molar-refractivity contribution < 1.29 is 4.74 Å². The second kappa shape index (κ2) is 5.13. The van der Waals surface area contributed by atoms with E-state index in [1.54, 1.807) is 0 Å². The summed E-state index contributed by atoms with van der Waals surface area (Å²) in [4.78, 5) is 4.70. The van der Waals surface area contributed by atoms with Gasteiger partial charge in [0.15, 0.2) is 5.65 Å². The molecule has 4 nitrogen and oxygen atoms in total. The van der Waals surface area contributed by atoms with Gasteiger partial charge in [-0.05, 0) is 56.7 Å². The standard InChI is InChI=1S/C17H19N3O/c1-4-21-14-7-5-13(6-8-14)16-12(3)20-10-11(2)9-15(18)17(20)19-16/h5-10H,4,18H2,1-3H3. The smallest absolute Gasteiger partial charge is 0.160 e. The monoisotopic (exact) mass is 281 g/mol. The second-order valence-corrected chi connectivity index (χ2v) is 5.17. The first-order valence-corrected chi connectivity index (χ1v) is 7.08. The van der Waals surface area contributed by atoms with Crippen molar-refractivity contribution in [2.45, 2.75) is 20.8 Å². The molecule has 0 aliphatic rings. The quantitative estimate of drug-likeness (QED) is 0.798. The zero-order valence-corrected chi connectivity index (χ0v) is 12.6. The van der Waals surface area contributed by atoms with Gasteiger partial charge in [-0.1, -0.05) is 0 Å². The Balaban J connectivity index is 2.12. The lowest BCUT2D eigenvalue weighted by Crippen LogP contribution is -1.95. The summed E-state index contributed by atoms with van der Waals surface area (Å²) in [5, 5.41) is 0. The maximum Gasteiger partial charge on any atom is 0.160 e. The molecule has 0 fully saturated rings. The molecule has 2 heterocycles. The van der Waals surface area contributed by atoms with Crippen molar-refractivity contribution in [2.24, 2.45) is 0 Å². The predicted molar refractivity (Wildman–Crippen MR) is 85.7 cm³/mol. The minimum Gasteiger partial charge on any atom is -0.494 e. The van der Waals surface area contributed by atoms with Crippen molar-refractivity contribution in [2.75, 3.05) is 12.3 Å². The summed E-state index contributed by atoms with van der Waals surface area (Å²) in [7, 11) is 0. The zero-order valence-electron chi connectivity index (χ0n) is 12.6. The van der Waals surface area contributed by atoms with Crippen LogP contribution in [0.25, 0.3) is 16.9 Å². The number of rotatable bonds is 3. The van der Waals surface area contributed by atoms with Crippen LogP contribution < -0.4 is 10.5 Å². The van der Waals surface area contributed by atoms with Gasteiger partial charge in [-0.15, -0.1) is 0 Å². The molecule has 0 unspecified atom stereocenters. The minimum atomic E-state index is 0.669. The van der Waals surface area contributed by atoms with Gasteiger partial charge in [0.1, 0.15) is 5.75 Å². The minimum absolute atomic E-state index is 0.669. The molecular weight excluding hydrogens is 262 g/mol. The number of aryl methyl sites for hydroxylation is 2. The third-order valence-electron chi connectivity index (χ3n) is 3.56. The summed E-state index contributed by atoms with van der Waals surface area (Å²) in [6.45, 7) is 6.74. The topological polar surface area (TPSA) is 52.5 Å². The Morgan fingerprint density at radius 1 is 1.19 bits per heavy atom. The molecule has 0 amide bonds. The zero-order chi connectivity index (χ0) is 15.0. The average Bonchev–Trinajstić information content (AvgIpc) is 2.78. The van der Waals surface area contributed by atoms with Crippen molar-refractivity contribution in [3.63, 3.8) is 0 Å². The molecule has 1 aromatic carbocycles. The molecule has 0 aliphatic heterocycles. The molecule has 108 valence electrons. The molecule has 0 spiro atoms. The number of fused-ring (bicyclic) bond motifs is 1. The molecule has 0 atom stereocenters. The van der Waals surface area contributed by atoms with Crippen LogP contribution in [0.15, 0.2) is 36.5 Å². The fourth-order valence-corrected chi connectivity index (χ4v) is 2.58. The molecule has 2 N–H and O–H groups in total. The highest BCUT2D eigenvalue weighted by Gasteiger charge is 2.12. The lowest BCUT2D eigenvalue weighted by Gasteiger charge is -2.04. The molecule has 0 saturated carbocycles. The number of nitrogens with zero attached hydrogens (tertiary/aromatic N) is 2. The van der Waals surface area contributed by atoms with E-state index in [4.69, 9.17) is 15.5 Å². The second-order valence-electron chi connectivity index (χ2n) is 5.17. The number of anilines is 1. The first kappa shape index (κ1) is 13.5. The number of imidazole rings is 1. The number of ether oxygens (including phenoxy) is 1. The molecule has 2 aromatic heterocycles. The molecule has 0 saturated heterocycles. The molecule has 0 radical (unpaired) electrons. The third-order valence-corrected chi connectivity index (χ3v) is 3.56. The van der Waals surface area contributed by atoms with Gasteiger partial charge in [0.2, 0.25) is 0 Å². The van der Waals surface area contributed by atoms with Gasteiger partial charge in [0, 0.05) is 17.5 Å². The van der Waals surface area contributed by atoms with Gasteiger partial charge >= 0.3 is 0 Å². The molecule has 21 heavy (non-hydrogen) atoms. The first-order valence-electron chi connectivity index (χ1n) is 7.08. The number of nitrogens with two attached hydrogens (primary N) is 1. The van der Waals surface area contributed by atoms with Crippen LogP contribution in [-0.2, 0) is 0 Å². The fraction of sp³-hybridized carbons (Fsp3) is 0.235. The third kappa shape index (κ3) is 2.33. The van der Waals surface area contributed by atoms with Crippen molar-refractivity contribution >= 4 is 11.3 Å². The maximum atomic E-state index is 6.08. The first-order chi connectivity index (χ1) is 10.1. The van der Waals surface area contributed by atoms with Crippen LogP contribution in [0.5, 0.6) is 5.75 Å². The Morgan fingerprint density at radius 2 is 1.90 bits per heavy atom. The van der Waals surface area contributed by atoms with E-state index >= 15 is 0 Å². The largest absolute Gasteiger partial charge is 0.494 e. The van der Waals surface area contributed by atoms with Gasteiger partial charge in [0.05, 0.1) is 18.0 Å². The number of benzene rings is 1. The van der Waals surface area contributed by atoms with Crippen molar-refractivity contribution in [1.29, 1.82) is 0 Å². The number of aromatic nitrogens is 2. The van der Waals surface area contributed by atoms with Gasteiger partial charge in [-0.3, -0.25) is 0 Å². The SMILES string of the molecule is CCOc1ccc(-c2nc3c(N)cc(C)cn3c2C)cc1. The van der Waals surface area contributed by atoms with Crippen LogP contribution >= 0.6 is 0 Å². The van der Waals surface area contributed by atoms with Gasteiger partial charge < -0.3 is 14.9 Å². The van der Waals surface area contributed by atoms with Crippen molar-refractivity contribution in [1.82, 2.24) is 9.38 Å². The molecular formula is C17H19N3O. The predicted octanol–water partition coefficient (Wildman–Crippen LogP) is 3.60. The lowest BCUT2D eigenvalue weighted by molar-refractivity contribution is 0.340. The summed E-state index contributed by atoms with van der Waals surface area (Å²) < 4.78 is 7.53. The van der Waals surface area contributed by atoms with E-state index in [1.807, 2.05) is 44.2 Å². The van der Waals surface area contributed by atoms with E-state index < -0.39 is 0 Å². The number of hydrogen-bond acceptors (Lipinski definition) is 3. The van der Waals surface area contributed by atoms with Gasteiger partial charge in [-0.25, -0.2) is 4.98 Å². The Hall–Kier alpha value is -2.49. The van der Waals surface area contributed by atoms with Crippen LogP contribution in [-0.4, -0.2) is 16.0 Å². The van der Waals surface area contributed by atoms with E-state index in [0.29, 0.717) is 12.3 Å². The van der Waals surface area contributed by atoms with E-state index in [9.17, 15) is 0 Å². The number of pyridine rings is 1. The summed E-state index contributed by atoms with van der Waals surface area (Å²) >= 11 is 0. The Labute approximate surface area is 124 Å². The normalized spacial score (nSPS) is 11.0. The number of hydrogen-bond donors (Lipinski definition) is 1. The van der Waals surface area contributed by atoms with Crippen LogP contribution in [0.1, 0.15) is 18.2 Å². The molecule has 0 aliphatic carbocycles. The Morgan fingerprint density at radius 3 is 2.57 bits per heavy atom. The van der Waals surface area contributed by atoms with Crippen LogP contribution in [0.2, 0.25) is 0 Å². The highest BCUT2D eigenvalue weighted by Crippen LogP contribution is 2.28. The highest BCUT2D eigenvalue weighted by atomic mass is 16.5. The van der Waals surface area contributed by atoms with E-state index in [1.165, 1.54) is 0 Å². The highest BCUT2D eigenvalue weighted by molar-refractivity contribution is 5.74. The molecule has 3 aromatic rings. The van der Waals surface area contributed by atoms with Crippen LogP contribution in [0.3, 0.4) is 0 Å². The lowest BCUT2D eigenvalue weighted by atomic mass is 10.1. The van der Waals surface area contributed by atoms with Crippen LogP contribution in [0, 0.1) is 13.8 Å². The van der Waals surface area contributed by atoms with Crippen molar-refractivity contribution in [3.8, 4) is 17.0 Å². The van der Waals surface area contributed by atoms with E-state index in [-0.39, 0.29) is 0 Å². The van der Waals surface area contributed by atoms with Crippen LogP contribution in [0.4, 0.5) is 5.69 Å². The van der Waals surface area contributed by atoms with E-state index in [2.05, 4.69) is 17.5 Å². The van der Waals surface area contributed by atoms with Gasteiger partial charge in [-0.2, -0.15) is 0 Å². The maximum absolute atomic E-state index is 6.08. The summed E-state index contributed by atoms with van der Waals surface area (Å²) in [6, 6.07) is 9.95. The Bertz CT molecular complexity index is 788. The summed E-state index contributed by atoms with van der Waals surface area (Å²) in [5.74, 6) is 0.873. The number of nitrogen functional groups attached to an aromatic ring is 1. The molecule has 0 bridgehead atoms. The summed E-state index contributed by atoms with van der Waals surface area (Å²) in [5.41, 5.74) is 11.8. The average molecular weight is 281 g/mol. The fourth-order valence-electron chi connectivity index (χ4n) is 2.58. The van der Waals surface area contributed by atoms with E-state index in [0.717, 1.165) is 33.9 Å². The Kier molecular flexibility index (Phi) is 3.29. The molecule has 4 heteroatoms. The van der Waals surface area contributed by atoms with Crippen molar-refractivity contribution in [3.05, 3.63) is 47.8 Å². The molecule has 3 rings (SSSR count). The summed E-state index contributed by atoms with van der Waals surface area (Å²) in [6.07, 6.45) is 2.06. The van der Waals surface area contributed by atoms with Gasteiger partial charge in [0.25, 0.3) is 0 Å².